The van der Waals surface area contributed by atoms with Crippen molar-refractivity contribution in [3.8, 4) is 0 Å². The molecule has 1 saturated carbocycles. The summed E-state index contributed by atoms with van der Waals surface area (Å²) in [5, 5.41) is 3.15. The van der Waals surface area contributed by atoms with Gasteiger partial charge in [0.1, 0.15) is 0 Å². The van der Waals surface area contributed by atoms with Crippen molar-refractivity contribution in [1.29, 1.82) is 0 Å². The van der Waals surface area contributed by atoms with E-state index in [0.29, 0.717) is 26.4 Å². The molecule has 1 N–H and O–H groups in total. The Morgan fingerprint density at radius 1 is 1.14 bits per heavy atom. The molecule has 180 valence electrons. The van der Waals surface area contributed by atoms with Crippen LogP contribution in [0.2, 0.25) is 5.02 Å². The lowest BCUT2D eigenvalue weighted by Crippen LogP contribution is -2.33. The van der Waals surface area contributed by atoms with Crippen molar-refractivity contribution in [1.82, 2.24) is 0 Å². The van der Waals surface area contributed by atoms with E-state index < -0.39 is 18.5 Å². The van der Waals surface area contributed by atoms with Gasteiger partial charge >= 0.3 is 5.97 Å². The number of carbonyl (C=O) groups excluding carboxylic acids is 4. The largest absolute Gasteiger partial charge is 0.452 e. The number of hydrogen-bond donors (Lipinski definition) is 1. The number of fused-ring (bicyclic) bond motifs is 5. The minimum Gasteiger partial charge on any atom is -0.452 e. The number of amides is 3. The van der Waals surface area contributed by atoms with Crippen molar-refractivity contribution in [3.05, 3.63) is 68.7 Å². The summed E-state index contributed by atoms with van der Waals surface area (Å²) in [5.41, 5.74) is 2.85. The van der Waals surface area contributed by atoms with E-state index >= 15 is 0 Å². The number of nitrogens with one attached hydrogen (secondary N) is 1. The number of allylic oxidation sites excluding steroid dienone is 2. The zero-order chi connectivity index (χ0) is 25.0. The predicted molar refractivity (Wildman–Crippen MR) is 134 cm³/mol. The van der Waals surface area contributed by atoms with Crippen LogP contribution >= 0.6 is 27.5 Å². The van der Waals surface area contributed by atoms with E-state index in [-0.39, 0.29) is 41.0 Å². The number of carbonyl (C=O) groups is 4. The van der Waals surface area contributed by atoms with Crippen LogP contribution in [-0.2, 0) is 19.1 Å². The molecule has 0 aromatic heterocycles. The van der Waals surface area contributed by atoms with Crippen molar-refractivity contribution < 1.29 is 23.9 Å². The molecule has 3 aliphatic rings. The first-order valence-corrected chi connectivity index (χ1v) is 12.4. The Morgan fingerprint density at radius 2 is 1.89 bits per heavy atom. The molecule has 2 fully saturated rings. The Kier molecular flexibility index (Phi) is 6.05. The van der Waals surface area contributed by atoms with E-state index in [2.05, 4.69) is 27.3 Å². The van der Waals surface area contributed by atoms with E-state index in [0.717, 1.165) is 6.42 Å². The van der Waals surface area contributed by atoms with Gasteiger partial charge in [0.25, 0.3) is 5.91 Å². The van der Waals surface area contributed by atoms with E-state index in [9.17, 15) is 19.2 Å². The number of ether oxygens (including phenoxy) is 1. The number of nitrogens with zero attached hydrogens (tertiary/aromatic N) is 1. The number of anilines is 2. The summed E-state index contributed by atoms with van der Waals surface area (Å²) >= 11 is 9.50. The summed E-state index contributed by atoms with van der Waals surface area (Å²) < 4.78 is 5.88. The van der Waals surface area contributed by atoms with Gasteiger partial charge in [0.05, 0.1) is 28.1 Å². The number of hydrogen-bond acceptors (Lipinski definition) is 5. The van der Waals surface area contributed by atoms with Crippen LogP contribution in [0.3, 0.4) is 0 Å². The van der Waals surface area contributed by atoms with Gasteiger partial charge in [-0.1, -0.05) is 29.3 Å². The fourth-order valence-electron chi connectivity index (χ4n) is 5.49. The predicted octanol–water partition coefficient (Wildman–Crippen LogP) is 4.91. The highest BCUT2D eigenvalue weighted by atomic mass is 79.9. The lowest BCUT2D eigenvalue weighted by atomic mass is 9.82. The van der Waals surface area contributed by atoms with Gasteiger partial charge in [-0.25, -0.2) is 9.69 Å². The second kappa shape index (κ2) is 8.91. The monoisotopic (exact) mass is 556 g/mol. The molecule has 4 atom stereocenters. The molecule has 35 heavy (non-hydrogen) atoms. The molecule has 9 heteroatoms. The lowest BCUT2D eigenvalue weighted by Gasteiger charge is -2.19. The third kappa shape index (κ3) is 3.98. The number of benzene rings is 2. The quantitative estimate of drug-likeness (QED) is 0.320. The third-order valence-electron chi connectivity index (χ3n) is 7.17. The summed E-state index contributed by atoms with van der Waals surface area (Å²) in [6.45, 7) is 3.27. The molecular weight excluding hydrogens is 536 g/mol. The van der Waals surface area contributed by atoms with Gasteiger partial charge in [0.15, 0.2) is 6.61 Å². The lowest BCUT2D eigenvalue weighted by molar-refractivity contribution is -0.123. The summed E-state index contributed by atoms with van der Waals surface area (Å²) in [6, 6.07) is 9.59. The molecule has 5 rings (SSSR count). The Hall–Kier alpha value is -2.97. The van der Waals surface area contributed by atoms with Crippen molar-refractivity contribution in [2.24, 2.45) is 23.7 Å². The number of rotatable bonds is 5. The summed E-state index contributed by atoms with van der Waals surface area (Å²) in [7, 11) is 0. The Balaban J connectivity index is 1.25. The topological polar surface area (TPSA) is 92.8 Å². The van der Waals surface area contributed by atoms with Crippen molar-refractivity contribution in [3.63, 3.8) is 0 Å². The van der Waals surface area contributed by atoms with Crippen LogP contribution in [0.4, 0.5) is 11.4 Å². The molecule has 7 nitrogen and oxygen atoms in total. The highest BCUT2D eigenvalue weighted by Gasteiger charge is 2.60. The molecule has 2 bridgehead atoms. The fraction of sp³-hybridized carbons (Fsp3) is 0.308. The molecule has 0 unspecified atom stereocenters. The first kappa shape index (κ1) is 23.8. The van der Waals surface area contributed by atoms with Crippen LogP contribution in [-0.4, -0.2) is 30.3 Å². The molecule has 0 radical (unpaired) electrons. The van der Waals surface area contributed by atoms with E-state index in [1.165, 1.54) is 22.6 Å². The third-order valence-corrected chi connectivity index (χ3v) is 8.54. The Morgan fingerprint density at radius 3 is 2.66 bits per heavy atom. The van der Waals surface area contributed by atoms with Gasteiger partial charge in [0, 0.05) is 10.2 Å². The van der Waals surface area contributed by atoms with Gasteiger partial charge < -0.3 is 10.1 Å². The maximum absolute atomic E-state index is 13.2. The zero-order valence-electron chi connectivity index (χ0n) is 19.0. The van der Waals surface area contributed by atoms with Gasteiger partial charge in [0.2, 0.25) is 11.8 Å². The van der Waals surface area contributed by atoms with Gasteiger partial charge in [-0.15, -0.1) is 0 Å². The maximum Gasteiger partial charge on any atom is 0.338 e. The van der Waals surface area contributed by atoms with E-state index in [4.69, 9.17) is 16.3 Å². The molecule has 2 aromatic rings. The van der Waals surface area contributed by atoms with Gasteiger partial charge in [-0.2, -0.15) is 0 Å². The average molecular weight is 558 g/mol. The number of halogens is 2. The molecule has 1 aliphatic heterocycles. The highest BCUT2D eigenvalue weighted by molar-refractivity contribution is 9.10. The van der Waals surface area contributed by atoms with Crippen molar-refractivity contribution in [2.75, 3.05) is 16.8 Å². The number of imide groups is 1. The molecule has 2 aliphatic carbocycles. The summed E-state index contributed by atoms with van der Waals surface area (Å²) in [5.74, 6) is -2.13. The second-order valence-electron chi connectivity index (χ2n) is 9.19. The van der Waals surface area contributed by atoms with Gasteiger partial charge in [-0.05, 0) is 83.9 Å². The highest BCUT2D eigenvalue weighted by Crippen LogP contribution is 2.55. The fourth-order valence-corrected chi connectivity index (χ4v) is 6.08. The van der Waals surface area contributed by atoms with Crippen LogP contribution in [0.25, 0.3) is 0 Å². The van der Waals surface area contributed by atoms with Crippen molar-refractivity contribution >= 4 is 62.6 Å². The van der Waals surface area contributed by atoms with Crippen LogP contribution in [0.5, 0.6) is 0 Å². The number of esters is 1. The average Bonchev–Trinajstić information content (AvgIpc) is 3.48. The van der Waals surface area contributed by atoms with E-state index in [1.807, 2.05) is 6.92 Å². The van der Waals surface area contributed by atoms with Crippen LogP contribution in [0, 0.1) is 30.6 Å². The first-order valence-electron chi connectivity index (χ1n) is 11.2. The molecule has 1 saturated heterocycles. The van der Waals surface area contributed by atoms with Crippen LogP contribution in [0.15, 0.2) is 52.5 Å². The van der Waals surface area contributed by atoms with Crippen LogP contribution < -0.4 is 10.2 Å². The maximum atomic E-state index is 13.2. The SMILES string of the molecule is CC1=C[C@H]2C[C@H]1[C@@H]1C(=O)N(c3cccc(C(=O)OCC(=O)Nc4ccc(Br)c(Cl)c4C)c3)C(=O)[C@@H]12. The van der Waals surface area contributed by atoms with Crippen LogP contribution in [0.1, 0.15) is 29.3 Å². The smallest absolute Gasteiger partial charge is 0.338 e. The molecule has 0 spiro atoms. The Bertz CT molecular complexity index is 1320. The molecule has 3 amide bonds. The van der Waals surface area contributed by atoms with Crippen molar-refractivity contribution in [2.45, 2.75) is 20.3 Å². The molecule has 1 heterocycles. The summed E-state index contributed by atoms with van der Waals surface area (Å²) in [6.07, 6.45) is 2.97. The minimum absolute atomic E-state index is 0.0994. The standard InChI is InChI=1S/C26H22BrClN2O5/c1-12-8-15-10-17(12)22-21(15)24(32)30(25(22)33)16-5-3-4-14(9-16)26(34)35-11-20(31)29-19-7-6-18(27)23(28)13(19)2/h3-9,15,17,21-22H,10-11H2,1-2H3,(H,29,31)/t15-,17+,21+,22-/m0/s1. The van der Waals surface area contributed by atoms with Gasteiger partial charge in [-0.3, -0.25) is 14.4 Å². The molecule has 2 aromatic carbocycles. The zero-order valence-corrected chi connectivity index (χ0v) is 21.4. The normalized spacial score (nSPS) is 24.5. The second-order valence-corrected chi connectivity index (χ2v) is 10.4. The Labute approximate surface area is 215 Å². The van der Waals surface area contributed by atoms with E-state index in [1.54, 1.807) is 31.2 Å². The summed E-state index contributed by atoms with van der Waals surface area (Å²) in [4.78, 5) is 52.4. The minimum atomic E-state index is -0.732. The molecular formula is C26H22BrClN2O5. The first-order chi connectivity index (χ1) is 16.7.